The highest BCUT2D eigenvalue weighted by Crippen LogP contribution is 2.26. The van der Waals surface area contributed by atoms with Crippen LogP contribution in [0.3, 0.4) is 0 Å². The average molecular weight is 186 g/mol. The van der Waals surface area contributed by atoms with Gasteiger partial charge in [0.15, 0.2) is 0 Å². The summed E-state index contributed by atoms with van der Waals surface area (Å²) in [5, 5.41) is 8.54. The van der Waals surface area contributed by atoms with Crippen molar-refractivity contribution in [1.82, 2.24) is 4.90 Å². The fourth-order valence-electron chi connectivity index (χ4n) is 1.45. The van der Waals surface area contributed by atoms with E-state index in [4.69, 9.17) is 10.8 Å². The Morgan fingerprint density at radius 1 is 1.46 bits per heavy atom. The summed E-state index contributed by atoms with van der Waals surface area (Å²) >= 11 is 0. The predicted molar refractivity (Wildman–Crippen MR) is 50.5 cm³/mol. The summed E-state index contributed by atoms with van der Waals surface area (Å²) in [5.74, 6) is -0.710. The monoisotopic (exact) mass is 186 g/mol. The molecule has 0 aromatic heterocycles. The fraction of sp³-hybridized carbons (Fsp3) is 0.889. The highest BCUT2D eigenvalue weighted by atomic mass is 16.4. The molecule has 1 rings (SSSR count). The third kappa shape index (κ3) is 4.24. The minimum Gasteiger partial charge on any atom is -0.481 e. The number of nitrogens with two attached hydrogens (primary N) is 1. The van der Waals surface area contributed by atoms with Crippen molar-refractivity contribution in [3.05, 3.63) is 0 Å². The zero-order valence-corrected chi connectivity index (χ0v) is 7.91. The van der Waals surface area contributed by atoms with Gasteiger partial charge in [0.1, 0.15) is 0 Å². The van der Waals surface area contributed by atoms with Gasteiger partial charge < -0.3 is 10.8 Å². The second kappa shape index (κ2) is 5.19. The van der Waals surface area contributed by atoms with Crippen LogP contribution < -0.4 is 5.73 Å². The molecule has 0 aromatic carbocycles. The van der Waals surface area contributed by atoms with Crippen LogP contribution in [-0.4, -0.2) is 41.7 Å². The van der Waals surface area contributed by atoms with Gasteiger partial charge in [-0.05, 0) is 32.4 Å². The number of aliphatic carboxylic acids is 1. The summed E-state index contributed by atoms with van der Waals surface area (Å²) in [5.41, 5.74) is 5.41. The Hall–Kier alpha value is -0.610. The third-order valence-electron chi connectivity index (χ3n) is 2.33. The molecule has 0 unspecified atom stereocenters. The Morgan fingerprint density at radius 3 is 2.62 bits per heavy atom. The van der Waals surface area contributed by atoms with Crippen LogP contribution in [0.5, 0.6) is 0 Å². The molecule has 76 valence electrons. The van der Waals surface area contributed by atoms with E-state index in [9.17, 15) is 4.79 Å². The van der Waals surface area contributed by atoms with E-state index in [-0.39, 0.29) is 6.42 Å². The van der Waals surface area contributed by atoms with Crippen LogP contribution in [0.4, 0.5) is 0 Å². The van der Waals surface area contributed by atoms with Gasteiger partial charge in [-0.25, -0.2) is 0 Å². The van der Waals surface area contributed by atoms with Gasteiger partial charge in [-0.3, -0.25) is 9.69 Å². The average Bonchev–Trinajstić information content (AvgIpc) is 2.87. The maximum atomic E-state index is 10.4. The lowest BCUT2D eigenvalue weighted by molar-refractivity contribution is -0.137. The Balaban J connectivity index is 2.17. The van der Waals surface area contributed by atoms with E-state index in [2.05, 4.69) is 4.90 Å². The molecule has 0 bridgehead atoms. The molecule has 0 atom stereocenters. The number of carboxylic acid groups (broad SMARTS) is 1. The molecule has 0 amide bonds. The van der Waals surface area contributed by atoms with E-state index in [0.29, 0.717) is 19.1 Å². The largest absolute Gasteiger partial charge is 0.481 e. The molecule has 13 heavy (non-hydrogen) atoms. The zero-order chi connectivity index (χ0) is 9.68. The SMILES string of the molecule is NCCCN(CCC(=O)O)C1CC1. The minimum absolute atomic E-state index is 0.251. The first-order valence-corrected chi connectivity index (χ1v) is 4.90. The second-order valence-corrected chi connectivity index (χ2v) is 3.55. The van der Waals surface area contributed by atoms with Gasteiger partial charge >= 0.3 is 5.97 Å². The summed E-state index contributed by atoms with van der Waals surface area (Å²) in [7, 11) is 0. The molecule has 0 spiro atoms. The Kier molecular flexibility index (Phi) is 4.18. The van der Waals surface area contributed by atoms with Gasteiger partial charge in [-0.1, -0.05) is 0 Å². The molecule has 3 N–H and O–H groups in total. The standard InChI is InChI=1S/C9H18N2O2/c10-5-1-6-11(8-2-3-8)7-4-9(12)13/h8H,1-7,10H2,(H,12,13). The van der Waals surface area contributed by atoms with Gasteiger partial charge in [-0.15, -0.1) is 0 Å². The van der Waals surface area contributed by atoms with E-state index in [1.807, 2.05) is 0 Å². The van der Waals surface area contributed by atoms with Crippen molar-refractivity contribution in [3.63, 3.8) is 0 Å². The van der Waals surface area contributed by atoms with Crippen molar-refractivity contribution < 1.29 is 9.90 Å². The molecule has 0 aliphatic heterocycles. The molecule has 1 aliphatic carbocycles. The number of carboxylic acids is 1. The Bertz CT molecular complexity index is 169. The Labute approximate surface area is 78.7 Å². The van der Waals surface area contributed by atoms with E-state index in [1.54, 1.807) is 0 Å². The molecule has 0 aromatic rings. The summed E-state index contributed by atoms with van der Waals surface area (Å²) in [6.07, 6.45) is 3.67. The quantitative estimate of drug-likeness (QED) is 0.599. The van der Waals surface area contributed by atoms with Gasteiger partial charge in [0, 0.05) is 12.6 Å². The molecule has 0 heterocycles. The van der Waals surface area contributed by atoms with Crippen LogP contribution in [0.1, 0.15) is 25.7 Å². The lowest BCUT2D eigenvalue weighted by Crippen LogP contribution is -2.30. The molecule has 1 saturated carbocycles. The lowest BCUT2D eigenvalue weighted by Gasteiger charge is -2.20. The number of hydrogen-bond acceptors (Lipinski definition) is 3. The molecular weight excluding hydrogens is 168 g/mol. The number of hydrogen-bond donors (Lipinski definition) is 2. The van der Waals surface area contributed by atoms with Crippen LogP contribution in [0.15, 0.2) is 0 Å². The maximum absolute atomic E-state index is 10.4. The summed E-state index contributed by atoms with van der Waals surface area (Å²) in [4.78, 5) is 12.6. The highest BCUT2D eigenvalue weighted by molar-refractivity contribution is 5.66. The third-order valence-corrected chi connectivity index (χ3v) is 2.33. The van der Waals surface area contributed by atoms with E-state index >= 15 is 0 Å². The number of rotatable bonds is 7. The Morgan fingerprint density at radius 2 is 2.15 bits per heavy atom. The molecule has 1 fully saturated rings. The van der Waals surface area contributed by atoms with Crippen LogP contribution in [0, 0.1) is 0 Å². The van der Waals surface area contributed by atoms with E-state index in [1.165, 1.54) is 12.8 Å². The van der Waals surface area contributed by atoms with E-state index < -0.39 is 5.97 Å². The first kappa shape index (κ1) is 10.5. The van der Waals surface area contributed by atoms with Crippen molar-refractivity contribution >= 4 is 5.97 Å². The zero-order valence-electron chi connectivity index (χ0n) is 7.91. The van der Waals surface area contributed by atoms with Crippen molar-refractivity contribution in [2.45, 2.75) is 31.7 Å². The van der Waals surface area contributed by atoms with Crippen LogP contribution in [0.2, 0.25) is 0 Å². The minimum atomic E-state index is -0.710. The fourth-order valence-corrected chi connectivity index (χ4v) is 1.45. The maximum Gasteiger partial charge on any atom is 0.304 e. The summed E-state index contributed by atoms with van der Waals surface area (Å²) < 4.78 is 0. The number of nitrogens with zero attached hydrogens (tertiary/aromatic N) is 1. The molecule has 1 aliphatic rings. The van der Waals surface area contributed by atoms with Crippen LogP contribution in [0.25, 0.3) is 0 Å². The van der Waals surface area contributed by atoms with Gasteiger partial charge in [0.25, 0.3) is 0 Å². The van der Waals surface area contributed by atoms with Crippen molar-refractivity contribution in [2.75, 3.05) is 19.6 Å². The van der Waals surface area contributed by atoms with Gasteiger partial charge in [0.2, 0.25) is 0 Å². The van der Waals surface area contributed by atoms with Crippen LogP contribution >= 0.6 is 0 Å². The second-order valence-electron chi connectivity index (χ2n) is 3.55. The normalized spacial score (nSPS) is 16.5. The van der Waals surface area contributed by atoms with Gasteiger partial charge in [-0.2, -0.15) is 0 Å². The molecule has 4 nitrogen and oxygen atoms in total. The van der Waals surface area contributed by atoms with Crippen molar-refractivity contribution in [2.24, 2.45) is 5.73 Å². The van der Waals surface area contributed by atoms with Crippen molar-refractivity contribution in [1.29, 1.82) is 0 Å². The molecular formula is C9H18N2O2. The molecule has 4 heteroatoms. The molecule has 0 saturated heterocycles. The molecule has 0 radical (unpaired) electrons. The number of carbonyl (C=O) groups is 1. The smallest absolute Gasteiger partial charge is 0.304 e. The summed E-state index contributed by atoms with van der Waals surface area (Å²) in [6, 6.07) is 0.644. The van der Waals surface area contributed by atoms with Crippen LogP contribution in [-0.2, 0) is 4.79 Å². The van der Waals surface area contributed by atoms with E-state index in [0.717, 1.165) is 13.0 Å². The summed E-state index contributed by atoms with van der Waals surface area (Å²) in [6.45, 7) is 2.32. The first-order valence-electron chi connectivity index (χ1n) is 4.90. The van der Waals surface area contributed by atoms with Gasteiger partial charge in [0.05, 0.1) is 6.42 Å². The predicted octanol–water partition coefficient (Wildman–Crippen LogP) is 0.274. The van der Waals surface area contributed by atoms with Crippen molar-refractivity contribution in [3.8, 4) is 0 Å². The topological polar surface area (TPSA) is 66.6 Å². The lowest BCUT2D eigenvalue weighted by atomic mass is 10.3. The first-order chi connectivity index (χ1) is 6.24. The highest BCUT2D eigenvalue weighted by Gasteiger charge is 2.28.